The van der Waals surface area contributed by atoms with Crippen LogP contribution in [0.3, 0.4) is 0 Å². The van der Waals surface area contributed by atoms with Crippen molar-refractivity contribution >= 4 is 21.7 Å². The first-order valence-corrected chi connectivity index (χ1v) is 10.6. The van der Waals surface area contributed by atoms with Gasteiger partial charge < -0.3 is 10.0 Å². The second-order valence-electron chi connectivity index (χ2n) is 7.48. The van der Waals surface area contributed by atoms with E-state index in [2.05, 4.69) is 0 Å². The highest BCUT2D eigenvalue weighted by atomic mass is 32.2. The third kappa shape index (κ3) is 4.10. The largest absolute Gasteiger partial charge is 0.481 e. The van der Waals surface area contributed by atoms with Crippen molar-refractivity contribution in [3.63, 3.8) is 0 Å². The lowest BCUT2D eigenvalue weighted by Gasteiger charge is -2.36. The van der Waals surface area contributed by atoms with Gasteiger partial charge in [-0.1, -0.05) is 33.1 Å². The average molecular weight is 359 g/mol. The Kier molecular flexibility index (Phi) is 6.28. The average Bonchev–Trinajstić information content (AvgIpc) is 2.55. The molecular formula is C17H29NO5S. The molecule has 1 saturated heterocycles. The van der Waals surface area contributed by atoms with Gasteiger partial charge in [-0.3, -0.25) is 9.59 Å². The van der Waals surface area contributed by atoms with E-state index in [0.717, 1.165) is 19.3 Å². The van der Waals surface area contributed by atoms with Crippen molar-refractivity contribution < 1.29 is 23.1 Å². The van der Waals surface area contributed by atoms with Crippen molar-refractivity contribution in [1.82, 2.24) is 4.90 Å². The van der Waals surface area contributed by atoms with E-state index in [4.69, 9.17) is 0 Å². The molecule has 1 aliphatic carbocycles. The fraction of sp³-hybridized carbons (Fsp3) is 0.882. The molecule has 2 unspecified atom stereocenters. The molecule has 1 heterocycles. The first-order chi connectivity index (χ1) is 11.2. The Morgan fingerprint density at radius 3 is 2.21 bits per heavy atom. The Morgan fingerprint density at radius 2 is 1.67 bits per heavy atom. The Balaban J connectivity index is 2.20. The number of amides is 1. The van der Waals surface area contributed by atoms with Crippen molar-refractivity contribution in [3.8, 4) is 0 Å². The van der Waals surface area contributed by atoms with Crippen molar-refractivity contribution in [3.05, 3.63) is 0 Å². The van der Waals surface area contributed by atoms with Gasteiger partial charge in [-0.05, 0) is 31.6 Å². The lowest BCUT2D eigenvalue weighted by Crippen LogP contribution is -2.52. The van der Waals surface area contributed by atoms with Crippen molar-refractivity contribution in [1.29, 1.82) is 0 Å². The summed E-state index contributed by atoms with van der Waals surface area (Å²) in [5, 5.41) is 7.72. The summed E-state index contributed by atoms with van der Waals surface area (Å²) in [4.78, 5) is 25.6. The quantitative estimate of drug-likeness (QED) is 0.811. The maximum Gasteiger partial charge on any atom is 0.308 e. The Labute approximate surface area is 144 Å². The van der Waals surface area contributed by atoms with Gasteiger partial charge in [0.15, 0.2) is 9.84 Å². The molecular weight excluding hydrogens is 330 g/mol. The van der Waals surface area contributed by atoms with E-state index >= 15 is 0 Å². The van der Waals surface area contributed by atoms with Crippen LogP contribution in [0.2, 0.25) is 0 Å². The van der Waals surface area contributed by atoms with Crippen molar-refractivity contribution in [2.45, 2.75) is 69.3 Å². The summed E-state index contributed by atoms with van der Waals surface area (Å²) < 4.78 is 26.1. The molecule has 1 N–H and O–H groups in total. The molecule has 2 aliphatic rings. The maximum atomic E-state index is 13.1. The predicted octanol–water partition coefficient (Wildman–Crippen LogP) is 2.08. The summed E-state index contributed by atoms with van der Waals surface area (Å²) in [6.45, 7) is 4.10. The van der Waals surface area contributed by atoms with Gasteiger partial charge in [0.25, 0.3) is 0 Å². The summed E-state index contributed by atoms with van der Waals surface area (Å²) in [7, 11) is -3.55. The molecule has 138 valence electrons. The Bertz CT molecular complexity index is 566. The van der Waals surface area contributed by atoms with Crippen LogP contribution in [0, 0.1) is 11.8 Å². The number of carbonyl (C=O) groups excluding carboxylic acids is 1. The standard InChI is InChI=1S/C17H29NO5S/c1-12(2)15(24(22,23)14-8-4-3-5-9-14)16(19)18-10-6-7-13(11-18)17(20)21/h12-15H,3-11H2,1-2H3,(H,20,21). The van der Waals surface area contributed by atoms with Crippen LogP contribution in [0.15, 0.2) is 0 Å². The zero-order chi connectivity index (χ0) is 17.9. The molecule has 2 rings (SSSR count). The van der Waals surface area contributed by atoms with Crippen LogP contribution in [-0.2, 0) is 19.4 Å². The SMILES string of the molecule is CC(C)C(C(=O)N1CCCC(C(=O)O)C1)S(=O)(=O)C1CCCCC1. The van der Waals surface area contributed by atoms with E-state index in [-0.39, 0.29) is 12.5 Å². The van der Waals surface area contributed by atoms with Gasteiger partial charge in [-0.15, -0.1) is 0 Å². The minimum atomic E-state index is -3.55. The lowest BCUT2D eigenvalue weighted by molar-refractivity contribution is -0.145. The number of nitrogens with zero attached hydrogens (tertiary/aromatic N) is 1. The van der Waals surface area contributed by atoms with Gasteiger partial charge in [-0.2, -0.15) is 0 Å². The number of rotatable bonds is 5. The van der Waals surface area contributed by atoms with Crippen LogP contribution in [0.4, 0.5) is 0 Å². The van der Waals surface area contributed by atoms with Crippen molar-refractivity contribution in [2.75, 3.05) is 13.1 Å². The summed E-state index contributed by atoms with van der Waals surface area (Å²) >= 11 is 0. The number of piperidine rings is 1. The lowest BCUT2D eigenvalue weighted by atomic mass is 9.97. The van der Waals surface area contributed by atoms with Crippen LogP contribution in [0.25, 0.3) is 0 Å². The molecule has 0 aromatic heterocycles. The third-order valence-electron chi connectivity index (χ3n) is 5.30. The highest BCUT2D eigenvalue weighted by Crippen LogP contribution is 2.30. The minimum absolute atomic E-state index is 0.123. The third-order valence-corrected chi connectivity index (χ3v) is 8.16. The van der Waals surface area contributed by atoms with Crippen molar-refractivity contribution in [2.24, 2.45) is 11.8 Å². The molecule has 24 heavy (non-hydrogen) atoms. The monoisotopic (exact) mass is 359 g/mol. The smallest absolute Gasteiger partial charge is 0.308 e. The molecule has 7 heteroatoms. The summed E-state index contributed by atoms with van der Waals surface area (Å²) in [6, 6.07) is 0. The van der Waals surface area contributed by atoms with Crippen LogP contribution >= 0.6 is 0 Å². The van der Waals surface area contributed by atoms with Crippen LogP contribution in [-0.4, -0.2) is 53.9 Å². The molecule has 0 spiro atoms. The molecule has 6 nitrogen and oxygen atoms in total. The highest BCUT2D eigenvalue weighted by Gasteiger charge is 2.44. The molecule has 1 aliphatic heterocycles. The van der Waals surface area contributed by atoms with E-state index in [1.807, 2.05) is 0 Å². The Morgan fingerprint density at radius 1 is 1.04 bits per heavy atom. The fourth-order valence-corrected chi connectivity index (χ4v) is 6.56. The topological polar surface area (TPSA) is 91.8 Å². The van der Waals surface area contributed by atoms with Gasteiger partial charge >= 0.3 is 5.97 Å². The number of likely N-dealkylation sites (tertiary alicyclic amines) is 1. The number of hydrogen-bond donors (Lipinski definition) is 1. The number of carboxylic acid groups (broad SMARTS) is 1. The number of aliphatic carboxylic acids is 1. The minimum Gasteiger partial charge on any atom is -0.481 e. The van der Waals surface area contributed by atoms with E-state index in [9.17, 15) is 23.1 Å². The number of hydrogen-bond acceptors (Lipinski definition) is 4. The van der Waals surface area contributed by atoms with E-state index < -0.39 is 38.1 Å². The molecule has 0 radical (unpaired) electrons. The summed E-state index contributed by atoms with van der Waals surface area (Å²) in [5.74, 6) is -2.22. The molecule has 0 bridgehead atoms. The van der Waals surface area contributed by atoms with E-state index in [1.54, 1.807) is 13.8 Å². The fourth-order valence-electron chi connectivity index (χ4n) is 3.96. The molecule has 2 atom stereocenters. The zero-order valence-corrected chi connectivity index (χ0v) is 15.4. The predicted molar refractivity (Wildman–Crippen MR) is 91.4 cm³/mol. The number of sulfone groups is 1. The van der Waals surface area contributed by atoms with Gasteiger partial charge in [0.2, 0.25) is 5.91 Å². The van der Waals surface area contributed by atoms with Gasteiger partial charge in [-0.25, -0.2) is 8.42 Å². The maximum absolute atomic E-state index is 13.1. The van der Waals surface area contributed by atoms with E-state index in [1.165, 1.54) is 4.90 Å². The number of carbonyl (C=O) groups is 2. The van der Waals surface area contributed by atoms with Crippen LogP contribution in [0.5, 0.6) is 0 Å². The second kappa shape index (κ2) is 7.85. The second-order valence-corrected chi connectivity index (χ2v) is 9.83. The highest BCUT2D eigenvalue weighted by molar-refractivity contribution is 7.93. The summed E-state index contributed by atoms with van der Waals surface area (Å²) in [6.07, 6.45) is 5.27. The number of carboxylic acids is 1. The van der Waals surface area contributed by atoms with Gasteiger partial charge in [0.05, 0.1) is 11.2 Å². The Hall–Kier alpha value is -1.11. The van der Waals surface area contributed by atoms with E-state index in [0.29, 0.717) is 32.2 Å². The molecule has 2 fully saturated rings. The summed E-state index contributed by atoms with van der Waals surface area (Å²) in [5.41, 5.74) is 0. The molecule has 0 aromatic rings. The first-order valence-electron chi connectivity index (χ1n) is 8.99. The van der Waals surface area contributed by atoms with Gasteiger partial charge in [0.1, 0.15) is 5.25 Å². The molecule has 1 amide bonds. The molecule has 0 aromatic carbocycles. The zero-order valence-electron chi connectivity index (χ0n) is 14.6. The van der Waals surface area contributed by atoms with Crippen LogP contribution in [0.1, 0.15) is 58.8 Å². The first kappa shape index (κ1) is 19.2. The van der Waals surface area contributed by atoms with Gasteiger partial charge in [0, 0.05) is 13.1 Å². The van der Waals surface area contributed by atoms with Crippen LogP contribution < -0.4 is 0 Å². The normalized spacial score (nSPS) is 24.8. The molecule has 1 saturated carbocycles.